The molecule has 0 N–H and O–H groups in total. The number of carbonyl (C=O) groups is 3. The molecular formula is C49H59F7N6O6. The first kappa shape index (κ1) is 50.3. The molecule has 0 atom stereocenters. The van der Waals surface area contributed by atoms with Crippen LogP contribution in [0, 0.1) is 12.7 Å². The number of rotatable bonds is 8. The quantitative estimate of drug-likeness (QED) is 0.128. The number of Topliss-reactive ketones (excluding diaryl/α,β-unsaturated/α-hetero) is 1. The lowest BCUT2D eigenvalue weighted by molar-refractivity contribution is -0.144. The molecule has 2 aromatic carbocycles. The molecule has 2 aromatic heterocycles. The van der Waals surface area contributed by atoms with Crippen molar-refractivity contribution in [1.29, 1.82) is 0 Å². The Bertz CT molecular complexity index is 2510. The minimum atomic E-state index is -4.91. The Morgan fingerprint density at radius 2 is 1.12 bits per heavy atom. The Labute approximate surface area is 391 Å². The summed E-state index contributed by atoms with van der Waals surface area (Å²) in [6.45, 7) is 12.4. The van der Waals surface area contributed by atoms with Gasteiger partial charge in [0.25, 0.3) is 17.6 Å². The number of benzene rings is 2. The van der Waals surface area contributed by atoms with Crippen molar-refractivity contribution in [3.63, 3.8) is 0 Å². The van der Waals surface area contributed by atoms with Gasteiger partial charge in [-0.05, 0) is 128 Å². The monoisotopic (exact) mass is 960 g/mol. The number of ether oxygens (including phenoxy) is 3. The number of likely N-dealkylation sites (N-methyl/N-ethyl adjacent to an activating group) is 2. The van der Waals surface area contributed by atoms with Crippen molar-refractivity contribution in [2.75, 3.05) is 60.5 Å². The number of ketones is 1. The Kier molecular flexibility index (Phi) is 14.1. The minimum Gasteiger partial charge on any atom is -0.493 e. The van der Waals surface area contributed by atoms with Crippen molar-refractivity contribution >= 4 is 17.6 Å². The molecule has 2 saturated heterocycles. The fourth-order valence-corrected chi connectivity index (χ4v) is 10.3. The number of halogens is 7. The summed E-state index contributed by atoms with van der Waals surface area (Å²) >= 11 is 0. The van der Waals surface area contributed by atoms with Gasteiger partial charge in [-0.1, -0.05) is 0 Å². The summed E-state index contributed by atoms with van der Waals surface area (Å²) < 4.78 is 114. The van der Waals surface area contributed by atoms with E-state index in [-0.39, 0.29) is 42.0 Å². The van der Waals surface area contributed by atoms with Gasteiger partial charge < -0.3 is 33.1 Å². The van der Waals surface area contributed by atoms with E-state index >= 15 is 0 Å². The van der Waals surface area contributed by atoms with E-state index in [1.807, 2.05) is 58.7 Å². The molecule has 0 unspecified atom stereocenters. The second-order valence-electron chi connectivity index (χ2n) is 18.6. The van der Waals surface area contributed by atoms with Gasteiger partial charge in [-0.2, -0.15) is 26.3 Å². The van der Waals surface area contributed by atoms with Crippen molar-refractivity contribution < 1.29 is 59.3 Å². The predicted molar refractivity (Wildman–Crippen MR) is 239 cm³/mol. The van der Waals surface area contributed by atoms with E-state index in [9.17, 15) is 45.1 Å². The molecule has 2 spiro atoms. The fourth-order valence-electron chi connectivity index (χ4n) is 10.3. The second-order valence-corrected chi connectivity index (χ2v) is 18.6. The Morgan fingerprint density at radius 1 is 0.618 bits per heavy atom. The second kappa shape index (κ2) is 19.1. The zero-order chi connectivity index (χ0) is 49.7. The zero-order valence-electron chi connectivity index (χ0n) is 39.6. The predicted octanol–water partition coefficient (Wildman–Crippen LogP) is 8.92. The van der Waals surface area contributed by atoms with E-state index in [4.69, 9.17) is 14.2 Å². The third-order valence-electron chi connectivity index (χ3n) is 13.8. The molecule has 0 saturated carbocycles. The maximum absolute atomic E-state index is 14.9. The molecule has 0 radical (unpaired) electrons. The van der Waals surface area contributed by atoms with Crippen LogP contribution in [0.5, 0.6) is 17.2 Å². The number of carbonyl (C=O) groups excluding carboxylic acids is 3. The maximum atomic E-state index is 14.9. The van der Waals surface area contributed by atoms with E-state index in [1.165, 1.54) is 17.7 Å². The van der Waals surface area contributed by atoms with E-state index in [1.54, 1.807) is 47.2 Å². The molecule has 2 amide bonds. The van der Waals surface area contributed by atoms with Gasteiger partial charge in [0.05, 0.1) is 41.8 Å². The number of aryl methyl sites for hydroxylation is 1. The van der Waals surface area contributed by atoms with Gasteiger partial charge in [0.2, 0.25) is 0 Å². The summed E-state index contributed by atoms with van der Waals surface area (Å²) in [6, 6.07) is 13.9. The van der Waals surface area contributed by atoms with E-state index in [2.05, 4.69) is 4.90 Å². The van der Waals surface area contributed by atoms with Gasteiger partial charge >= 0.3 is 12.4 Å². The van der Waals surface area contributed by atoms with Crippen LogP contribution in [0.25, 0.3) is 0 Å². The van der Waals surface area contributed by atoms with E-state index < -0.39 is 40.7 Å². The first-order valence-corrected chi connectivity index (χ1v) is 22.8. The normalized spacial score (nSPS) is 18.3. The summed E-state index contributed by atoms with van der Waals surface area (Å²) in [7, 11) is 5.26. The molecule has 12 nitrogen and oxygen atoms in total. The largest absolute Gasteiger partial charge is 0.493 e. The summed E-state index contributed by atoms with van der Waals surface area (Å²) in [6.07, 6.45) is -7.74. The summed E-state index contributed by atoms with van der Waals surface area (Å²) in [5, 5.41) is 0. The van der Waals surface area contributed by atoms with Crippen molar-refractivity contribution in [3.8, 4) is 17.2 Å². The van der Waals surface area contributed by atoms with Crippen molar-refractivity contribution in [1.82, 2.24) is 28.7 Å². The number of alkyl halides is 6. The van der Waals surface area contributed by atoms with Crippen LogP contribution in [0.3, 0.4) is 0 Å². The molecular weight excluding hydrogens is 902 g/mol. The molecule has 370 valence electrons. The van der Waals surface area contributed by atoms with Crippen molar-refractivity contribution in [2.45, 2.75) is 109 Å². The van der Waals surface area contributed by atoms with Crippen LogP contribution in [0.1, 0.15) is 107 Å². The molecule has 4 aliphatic heterocycles. The molecule has 8 rings (SSSR count). The first-order valence-electron chi connectivity index (χ1n) is 22.8. The topological polar surface area (TPSA) is 102 Å². The number of methoxy groups -OCH3 is 1. The summed E-state index contributed by atoms with van der Waals surface area (Å²) in [4.78, 5) is 45.8. The zero-order valence-corrected chi connectivity index (χ0v) is 39.6. The standard InChI is InChI=1S/C25H30F3N3O3.C24H29F4N3O3/c1-16(2)34-20-7-5-18(15-17(20)3)23(33)30-11-9-24(10-12-30)21-8-6-19(22(32)25(26,27)28)31(21)14-13-29(24)4;1-15(2)34-18-6-5-16(13-19(18)33-4)22(32)30-9-7-23(8-10-30)21-17(25)14-20(24(26,27)28)31(21)12-11-29(23)3/h5-8,15-16H,9-14H2,1-4H3;5-6,13-15H,7-12H2,1-4H3. The highest BCUT2D eigenvalue weighted by Crippen LogP contribution is 2.46. The van der Waals surface area contributed by atoms with Crippen LogP contribution in [0.4, 0.5) is 30.7 Å². The van der Waals surface area contributed by atoms with Crippen LogP contribution < -0.4 is 14.2 Å². The summed E-state index contributed by atoms with van der Waals surface area (Å²) in [5.41, 5.74) is 0.00995. The Morgan fingerprint density at radius 3 is 1.63 bits per heavy atom. The van der Waals surface area contributed by atoms with Gasteiger partial charge in [0.1, 0.15) is 17.3 Å². The first-order chi connectivity index (χ1) is 31.9. The molecule has 0 aliphatic carbocycles. The van der Waals surface area contributed by atoms with Gasteiger partial charge in [-0.15, -0.1) is 0 Å². The van der Waals surface area contributed by atoms with Crippen molar-refractivity contribution in [3.05, 3.63) is 99.9 Å². The van der Waals surface area contributed by atoms with Crippen LogP contribution in [-0.2, 0) is 30.3 Å². The number of fused-ring (bicyclic) bond motifs is 4. The van der Waals surface area contributed by atoms with Crippen molar-refractivity contribution in [2.24, 2.45) is 0 Å². The number of likely N-dealkylation sites (tertiary alicyclic amines) is 2. The molecule has 4 aliphatic rings. The van der Waals surface area contributed by atoms with Gasteiger partial charge in [-0.25, -0.2) is 4.39 Å². The molecule has 6 heterocycles. The number of amides is 2. The lowest BCUT2D eigenvalue weighted by Crippen LogP contribution is -2.57. The molecule has 19 heteroatoms. The number of nitrogens with zero attached hydrogens (tertiary/aromatic N) is 6. The maximum Gasteiger partial charge on any atom is 0.456 e. The van der Waals surface area contributed by atoms with Crippen LogP contribution >= 0.6 is 0 Å². The molecule has 4 aromatic rings. The number of hydrogen-bond acceptors (Lipinski definition) is 8. The lowest BCUT2D eigenvalue weighted by Gasteiger charge is -2.50. The van der Waals surface area contributed by atoms with Crippen LogP contribution in [0.15, 0.2) is 54.6 Å². The van der Waals surface area contributed by atoms with Gasteiger partial charge in [-0.3, -0.25) is 24.2 Å². The number of hydrogen-bond donors (Lipinski definition) is 0. The highest BCUT2D eigenvalue weighted by atomic mass is 19.4. The molecule has 68 heavy (non-hydrogen) atoms. The Hall–Kier alpha value is -5.56. The van der Waals surface area contributed by atoms with Crippen LogP contribution in [0.2, 0.25) is 0 Å². The average molecular weight is 961 g/mol. The average Bonchev–Trinajstić information content (AvgIpc) is 3.89. The highest BCUT2D eigenvalue weighted by molar-refractivity contribution is 5.99. The van der Waals surface area contributed by atoms with Gasteiger partial charge in [0.15, 0.2) is 11.5 Å². The highest BCUT2D eigenvalue weighted by Gasteiger charge is 2.51. The SMILES string of the molecule is COc1cc(C(=O)N2CCC3(CC2)c2c(F)cc(C(F)(F)F)n2CCN3C)ccc1OC(C)C.Cc1cc(C(=O)N2CCC3(CC2)c2ccc(C(=O)C(F)(F)F)n2CCN3C)ccc1OC(C)C. The third-order valence-corrected chi connectivity index (χ3v) is 13.8. The molecule has 2 fully saturated rings. The minimum absolute atomic E-state index is 0.0388. The lowest BCUT2D eigenvalue weighted by atomic mass is 9.81. The molecule has 0 bridgehead atoms. The van der Waals surface area contributed by atoms with Gasteiger partial charge in [0, 0.05) is 75.2 Å². The Balaban J connectivity index is 0.000000201. The van der Waals surface area contributed by atoms with E-state index in [0.29, 0.717) is 106 Å². The number of aromatic nitrogens is 2. The third kappa shape index (κ3) is 9.56. The smallest absolute Gasteiger partial charge is 0.456 e. The number of piperidine rings is 2. The van der Waals surface area contributed by atoms with Crippen LogP contribution in [-0.4, -0.2) is 125 Å². The van der Waals surface area contributed by atoms with E-state index in [0.717, 1.165) is 15.9 Å². The fraction of sp³-hybridized carbons (Fsp3) is 0.531. The summed E-state index contributed by atoms with van der Waals surface area (Å²) in [5.74, 6) is -1.22.